The number of fused-ring (bicyclic) bond motifs is 1. The van der Waals surface area contributed by atoms with Gasteiger partial charge in [-0.3, -0.25) is 9.59 Å². The van der Waals surface area contributed by atoms with Crippen molar-refractivity contribution in [3.8, 4) is 11.5 Å². The van der Waals surface area contributed by atoms with Gasteiger partial charge in [0.05, 0.1) is 25.5 Å². The zero-order valence-corrected chi connectivity index (χ0v) is 15.5. The van der Waals surface area contributed by atoms with Crippen LogP contribution >= 0.6 is 0 Å². The molecule has 3 rings (SSSR count). The first-order valence-electron chi connectivity index (χ1n) is 8.46. The lowest BCUT2D eigenvalue weighted by Crippen LogP contribution is -2.22. The van der Waals surface area contributed by atoms with Gasteiger partial charge in [0.2, 0.25) is 5.91 Å². The third-order valence-electron chi connectivity index (χ3n) is 4.29. The van der Waals surface area contributed by atoms with E-state index in [9.17, 15) is 22.8 Å². The highest BCUT2D eigenvalue weighted by atomic mass is 19.4. The lowest BCUT2D eigenvalue weighted by molar-refractivity contribution is -0.116. The number of Topliss-reactive ketones (excluding diaryl/α,β-unsaturated/α-hetero) is 1. The second kappa shape index (κ2) is 7.86. The molecule has 1 heterocycles. The fourth-order valence-electron chi connectivity index (χ4n) is 2.97. The summed E-state index contributed by atoms with van der Waals surface area (Å²) < 4.78 is 50.4. The zero-order valence-electron chi connectivity index (χ0n) is 15.5. The third-order valence-corrected chi connectivity index (χ3v) is 4.29. The largest absolute Gasteiger partial charge is 0.497 e. The minimum Gasteiger partial charge on any atom is -0.497 e. The third kappa shape index (κ3) is 4.18. The van der Waals surface area contributed by atoms with Crippen molar-refractivity contribution in [2.24, 2.45) is 0 Å². The summed E-state index contributed by atoms with van der Waals surface area (Å²) in [6, 6.07) is 10.9. The Kier molecular flexibility index (Phi) is 5.49. The van der Waals surface area contributed by atoms with Crippen molar-refractivity contribution in [3.05, 3.63) is 54.2 Å². The van der Waals surface area contributed by atoms with Gasteiger partial charge in [0.1, 0.15) is 18.0 Å². The van der Waals surface area contributed by atoms with E-state index in [-0.39, 0.29) is 11.9 Å². The number of carbonyl (C=O) groups excluding carboxylic acids is 2. The van der Waals surface area contributed by atoms with Gasteiger partial charge in [0.15, 0.2) is 0 Å². The first kappa shape index (κ1) is 20.2. The van der Waals surface area contributed by atoms with E-state index < -0.39 is 23.4 Å². The smallest absolute Gasteiger partial charge is 0.454 e. The van der Waals surface area contributed by atoms with Crippen LogP contribution in [0.15, 0.2) is 48.7 Å². The molecule has 0 aliphatic rings. The van der Waals surface area contributed by atoms with Crippen LogP contribution in [0.4, 0.5) is 18.9 Å². The maximum absolute atomic E-state index is 12.9. The van der Waals surface area contributed by atoms with E-state index in [1.807, 2.05) is 0 Å². The summed E-state index contributed by atoms with van der Waals surface area (Å²) in [7, 11) is 2.91. The van der Waals surface area contributed by atoms with Crippen LogP contribution in [-0.4, -0.2) is 36.7 Å². The number of aromatic nitrogens is 1. The number of methoxy groups -OCH3 is 2. The predicted molar refractivity (Wildman–Crippen MR) is 100 cm³/mol. The molecule has 6 nitrogen and oxygen atoms in total. The Morgan fingerprint density at radius 3 is 2.45 bits per heavy atom. The van der Waals surface area contributed by atoms with Gasteiger partial charge in [-0.1, -0.05) is 18.2 Å². The van der Waals surface area contributed by atoms with Crippen LogP contribution in [0.5, 0.6) is 11.5 Å². The number of nitrogens with one attached hydrogen (secondary N) is 1. The van der Waals surface area contributed by atoms with Gasteiger partial charge in [0, 0.05) is 23.2 Å². The Morgan fingerprint density at radius 2 is 1.79 bits per heavy atom. The molecule has 152 valence electrons. The van der Waals surface area contributed by atoms with Gasteiger partial charge in [-0.25, -0.2) is 0 Å². The number of carbonyl (C=O) groups is 2. The molecule has 0 aliphatic heterocycles. The van der Waals surface area contributed by atoms with E-state index >= 15 is 0 Å². The highest BCUT2D eigenvalue weighted by molar-refractivity contribution is 6.11. The second-order valence-corrected chi connectivity index (χ2v) is 6.13. The molecule has 0 saturated carbocycles. The summed E-state index contributed by atoms with van der Waals surface area (Å²) in [5.41, 5.74) is 0.188. The molecule has 3 aromatic rings. The number of ketones is 1. The molecular weight excluding hydrogens is 389 g/mol. The van der Waals surface area contributed by atoms with Crippen molar-refractivity contribution in [2.75, 3.05) is 19.5 Å². The Labute approximate surface area is 163 Å². The molecule has 0 bridgehead atoms. The van der Waals surface area contributed by atoms with Gasteiger partial charge in [-0.05, 0) is 18.2 Å². The molecule has 1 amide bonds. The van der Waals surface area contributed by atoms with E-state index in [1.54, 1.807) is 30.3 Å². The Bertz CT molecular complexity index is 1070. The molecule has 1 N–H and O–H groups in total. The summed E-state index contributed by atoms with van der Waals surface area (Å²) in [4.78, 5) is 24.3. The highest BCUT2D eigenvalue weighted by Gasteiger charge is 2.40. The average molecular weight is 406 g/mol. The molecule has 9 heteroatoms. The number of nitrogens with zero attached hydrogens (tertiary/aromatic N) is 1. The summed E-state index contributed by atoms with van der Waals surface area (Å²) in [6.45, 7) is -0.300. The Hall–Kier alpha value is -3.49. The maximum Gasteiger partial charge on any atom is 0.454 e. The first-order valence-corrected chi connectivity index (χ1v) is 8.46. The normalized spacial score (nSPS) is 11.3. The number of para-hydroxylation sites is 1. The number of ether oxygens (including phenoxy) is 2. The van der Waals surface area contributed by atoms with E-state index in [0.29, 0.717) is 22.7 Å². The van der Waals surface area contributed by atoms with E-state index in [4.69, 9.17) is 9.47 Å². The molecule has 0 fully saturated rings. The standard InChI is InChI=1S/C20H17F3N2O4/c1-28-12-7-8-17(29-2)15(9-12)24-18(26)11-25-10-14(19(27)20(21,22)23)13-5-3-4-6-16(13)25/h3-10H,11H2,1-2H3,(H,24,26). The molecule has 0 radical (unpaired) electrons. The molecule has 2 aromatic carbocycles. The van der Waals surface area contributed by atoms with Gasteiger partial charge >= 0.3 is 6.18 Å². The van der Waals surface area contributed by atoms with Gasteiger partial charge in [0.25, 0.3) is 5.78 Å². The quantitative estimate of drug-likeness (QED) is 0.628. The number of rotatable bonds is 6. The number of benzene rings is 2. The Morgan fingerprint density at radius 1 is 1.07 bits per heavy atom. The van der Waals surface area contributed by atoms with Crippen molar-refractivity contribution in [2.45, 2.75) is 12.7 Å². The fourth-order valence-corrected chi connectivity index (χ4v) is 2.97. The van der Waals surface area contributed by atoms with Crippen molar-refractivity contribution >= 4 is 28.3 Å². The van der Waals surface area contributed by atoms with Crippen LogP contribution in [0.25, 0.3) is 10.9 Å². The number of hydrogen-bond donors (Lipinski definition) is 1. The Balaban J connectivity index is 1.91. The zero-order chi connectivity index (χ0) is 21.2. The van der Waals surface area contributed by atoms with Crippen LogP contribution in [0.3, 0.4) is 0 Å². The van der Waals surface area contributed by atoms with Gasteiger partial charge in [-0.2, -0.15) is 13.2 Å². The lowest BCUT2D eigenvalue weighted by Gasteiger charge is -2.12. The summed E-state index contributed by atoms with van der Waals surface area (Å²) in [6.07, 6.45) is -3.96. The van der Waals surface area contributed by atoms with Crippen LogP contribution in [0, 0.1) is 0 Å². The van der Waals surface area contributed by atoms with Crippen molar-refractivity contribution in [1.29, 1.82) is 0 Å². The molecule has 1 aromatic heterocycles. The van der Waals surface area contributed by atoms with E-state index in [2.05, 4.69) is 5.32 Å². The van der Waals surface area contributed by atoms with Crippen LogP contribution in [0.2, 0.25) is 0 Å². The van der Waals surface area contributed by atoms with Crippen LogP contribution in [0.1, 0.15) is 10.4 Å². The SMILES string of the molecule is COc1ccc(OC)c(NC(=O)Cn2cc(C(=O)C(F)(F)F)c3ccccc32)c1. The molecule has 0 unspecified atom stereocenters. The number of alkyl halides is 3. The van der Waals surface area contributed by atoms with Crippen molar-refractivity contribution in [1.82, 2.24) is 4.57 Å². The van der Waals surface area contributed by atoms with Crippen LogP contribution in [-0.2, 0) is 11.3 Å². The minimum absolute atomic E-state index is 0.126. The van der Waals surface area contributed by atoms with Crippen molar-refractivity contribution in [3.63, 3.8) is 0 Å². The summed E-state index contributed by atoms with van der Waals surface area (Å²) in [5.74, 6) is -1.58. The summed E-state index contributed by atoms with van der Waals surface area (Å²) >= 11 is 0. The predicted octanol–water partition coefficient (Wildman–Crippen LogP) is 4.04. The van der Waals surface area contributed by atoms with Crippen molar-refractivity contribution < 1.29 is 32.2 Å². The van der Waals surface area contributed by atoms with E-state index in [0.717, 1.165) is 6.20 Å². The summed E-state index contributed by atoms with van der Waals surface area (Å²) in [5, 5.41) is 2.77. The highest BCUT2D eigenvalue weighted by Crippen LogP contribution is 2.30. The lowest BCUT2D eigenvalue weighted by atomic mass is 10.1. The minimum atomic E-state index is -5.01. The topological polar surface area (TPSA) is 69.6 Å². The fraction of sp³-hybridized carbons (Fsp3) is 0.200. The number of hydrogen-bond acceptors (Lipinski definition) is 4. The first-order chi connectivity index (χ1) is 13.7. The van der Waals surface area contributed by atoms with Gasteiger partial charge < -0.3 is 19.4 Å². The number of halogens is 3. The van der Waals surface area contributed by atoms with Crippen LogP contribution < -0.4 is 14.8 Å². The second-order valence-electron chi connectivity index (χ2n) is 6.13. The number of anilines is 1. The number of amides is 1. The molecule has 0 atom stereocenters. The maximum atomic E-state index is 12.9. The molecule has 0 spiro atoms. The average Bonchev–Trinajstić information content (AvgIpc) is 3.04. The molecular formula is C20H17F3N2O4. The molecule has 29 heavy (non-hydrogen) atoms. The molecule has 0 saturated heterocycles. The van der Waals surface area contributed by atoms with E-state index in [1.165, 1.54) is 30.9 Å². The molecule has 0 aliphatic carbocycles. The van der Waals surface area contributed by atoms with Gasteiger partial charge in [-0.15, -0.1) is 0 Å². The monoisotopic (exact) mass is 406 g/mol.